The molecule has 2 nitrogen and oxygen atoms in total. The van der Waals surface area contributed by atoms with E-state index in [0.717, 1.165) is 16.3 Å². The Morgan fingerprint density at radius 2 is 1.75 bits per heavy atom. The van der Waals surface area contributed by atoms with Crippen LogP contribution in [0.5, 0.6) is 5.75 Å². The van der Waals surface area contributed by atoms with Crippen molar-refractivity contribution >= 4 is 10.8 Å². The maximum atomic E-state index is 9.97. The first kappa shape index (κ1) is 11.0. The molecule has 0 aliphatic rings. The van der Waals surface area contributed by atoms with Crippen molar-refractivity contribution in [2.75, 3.05) is 6.54 Å². The van der Waals surface area contributed by atoms with Crippen LogP contribution in [0.3, 0.4) is 0 Å². The third kappa shape index (κ3) is 1.65. The van der Waals surface area contributed by atoms with Gasteiger partial charge in [0.1, 0.15) is 5.75 Å². The summed E-state index contributed by atoms with van der Waals surface area (Å²) in [6, 6.07) is 11.6. The third-order valence-corrected chi connectivity index (χ3v) is 3.12. The molecule has 0 fully saturated rings. The van der Waals surface area contributed by atoms with E-state index in [-0.39, 0.29) is 5.41 Å². The molecule has 0 radical (unpaired) electrons. The van der Waals surface area contributed by atoms with Crippen molar-refractivity contribution in [1.29, 1.82) is 0 Å². The zero-order valence-corrected chi connectivity index (χ0v) is 9.70. The second-order valence-electron chi connectivity index (χ2n) is 4.77. The molecule has 0 saturated heterocycles. The Kier molecular flexibility index (Phi) is 2.60. The Bertz CT molecular complexity index is 512. The number of rotatable bonds is 2. The van der Waals surface area contributed by atoms with E-state index in [2.05, 4.69) is 13.8 Å². The van der Waals surface area contributed by atoms with Crippen molar-refractivity contribution in [3.8, 4) is 5.75 Å². The van der Waals surface area contributed by atoms with E-state index in [0.29, 0.717) is 12.3 Å². The molecule has 0 heterocycles. The first-order valence-electron chi connectivity index (χ1n) is 5.47. The molecule has 2 aromatic rings. The average molecular weight is 215 g/mol. The standard InChI is InChI=1S/C14H17NO/c1-14(2,9-15)11-7-3-5-10-6-4-8-12(16)13(10)11/h3-8,16H,9,15H2,1-2H3. The van der Waals surface area contributed by atoms with Crippen LogP contribution in [0.1, 0.15) is 19.4 Å². The lowest BCUT2D eigenvalue weighted by molar-refractivity contribution is 0.478. The summed E-state index contributed by atoms with van der Waals surface area (Å²) in [5, 5.41) is 11.9. The van der Waals surface area contributed by atoms with E-state index in [1.807, 2.05) is 30.3 Å². The van der Waals surface area contributed by atoms with Crippen molar-refractivity contribution in [3.05, 3.63) is 42.0 Å². The number of nitrogens with two attached hydrogens (primary N) is 1. The Morgan fingerprint density at radius 3 is 2.38 bits per heavy atom. The van der Waals surface area contributed by atoms with Gasteiger partial charge in [-0.05, 0) is 17.0 Å². The van der Waals surface area contributed by atoms with E-state index in [1.165, 1.54) is 0 Å². The summed E-state index contributed by atoms with van der Waals surface area (Å²) in [7, 11) is 0. The highest BCUT2D eigenvalue weighted by atomic mass is 16.3. The predicted octanol–water partition coefficient (Wildman–Crippen LogP) is 2.78. The predicted molar refractivity (Wildman–Crippen MR) is 67.7 cm³/mol. The number of aromatic hydroxyl groups is 1. The smallest absolute Gasteiger partial charge is 0.123 e. The van der Waals surface area contributed by atoms with Gasteiger partial charge in [-0.2, -0.15) is 0 Å². The molecule has 0 unspecified atom stereocenters. The van der Waals surface area contributed by atoms with E-state index in [9.17, 15) is 5.11 Å². The average Bonchev–Trinajstić information content (AvgIpc) is 2.29. The number of benzene rings is 2. The molecule has 0 bridgehead atoms. The summed E-state index contributed by atoms with van der Waals surface area (Å²) >= 11 is 0. The molecule has 3 N–H and O–H groups in total. The van der Waals surface area contributed by atoms with E-state index >= 15 is 0 Å². The lowest BCUT2D eigenvalue weighted by Crippen LogP contribution is -2.28. The van der Waals surface area contributed by atoms with Crippen molar-refractivity contribution in [3.63, 3.8) is 0 Å². The summed E-state index contributed by atoms with van der Waals surface area (Å²) in [5.74, 6) is 0.328. The van der Waals surface area contributed by atoms with Crippen LogP contribution < -0.4 is 5.73 Å². The van der Waals surface area contributed by atoms with Gasteiger partial charge < -0.3 is 10.8 Å². The molecule has 2 heteroatoms. The van der Waals surface area contributed by atoms with Gasteiger partial charge in [0, 0.05) is 17.3 Å². The minimum Gasteiger partial charge on any atom is -0.507 e. The molecule has 0 aromatic heterocycles. The molecule has 0 spiro atoms. The molecular formula is C14H17NO. The fourth-order valence-corrected chi connectivity index (χ4v) is 2.00. The Balaban J connectivity index is 2.80. The van der Waals surface area contributed by atoms with Crippen molar-refractivity contribution in [2.24, 2.45) is 5.73 Å². The van der Waals surface area contributed by atoms with Crippen LogP contribution in [-0.4, -0.2) is 11.7 Å². The maximum absolute atomic E-state index is 9.97. The molecule has 84 valence electrons. The van der Waals surface area contributed by atoms with Crippen molar-refractivity contribution in [2.45, 2.75) is 19.3 Å². The highest BCUT2D eigenvalue weighted by Crippen LogP contribution is 2.34. The van der Waals surface area contributed by atoms with Gasteiger partial charge >= 0.3 is 0 Å². The van der Waals surface area contributed by atoms with Gasteiger partial charge in [0.2, 0.25) is 0 Å². The topological polar surface area (TPSA) is 46.2 Å². The zero-order chi connectivity index (χ0) is 11.8. The van der Waals surface area contributed by atoms with E-state index in [4.69, 9.17) is 5.73 Å². The summed E-state index contributed by atoms with van der Waals surface area (Å²) < 4.78 is 0. The van der Waals surface area contributed by atoms with Crippen molar-refractivity contribution < 1.29 is 5.11 Å². The van der Waals surface area contributed by atoms with Crippen LogP contribution in [0.4, 0.5) is 0 Å². The highest BCUT2D eigenvalue weighted by Gasteiger charge is 2.21. The van der Waals surface area contributed by atoms with E-state index in [1.54, 1.807) is 6.07 Å². The molecule has 2 rings (SSSR count). The van der Waals surface area contributed by atoms with Crippen LogP contribution in [-0.2, 0) is 5.41 Å². The molecule has 0 saturated carbocycles. The van der Waals surface area contributed by atoms with Crippen molar-refractivity contribution in [1.82, 2.24) is 0 Å². The molecular weight excluding hydrogens is 198 g/mol. The Hall–Kier alpha value is -1.54. The van der Waals surface area contributed by atoms with E-state index < -0.39 is 0 Å². The number of hydrogen-bond acceptors (Lipinski definition) is 2. The molecule has 0 aliphatic heterocycles. The number of phenolic OH excluding ortho intramolecular Hbond substituents is 1. The monoisotopic (exact) mass is 215 g/mol. The number of fused-ring (bicyclic) bond motifs is 1. The second kappa shape index (κ2) is 3.80. The third-order valence-electron chi connectivity index (χ3n) is 3.12. The van der Waals surface area contributed by atoms with Gasteiger partial charge in [0.15, 0.2) is 0 Å². The van der Waals surface area contributed by atoms with Crippen LogP contribution in [0.25, 0.3) is 10.8 Å². The highest BCUT2D eigenvalue weighted by molar-refractivity contribution is 5.91. The van der Waals surface area contributed by atoms with Crippen LogP contribution in [0.15, 0.2) is 36.4 Å². The lowest BCUT2D eigenvalue weighted by atomic mass is 9.81. The minimum absolute atomic E-state index is 0.127. The fourth-order valence-electron chi connectivity index (χ4n) is 2.00. The first-order valence-corrected chi connectivity index (χ1v) is 5.47. The minimum atomic E-state index is -0.127. The molecule has 16 heavy (non-hydrogen) atoms. The quantitative estimate of drug-likeness (QED) is 0.809. The molecule has 0 aliphatic carbocycles. The Labute approximate surface area is 95.7 Å². The maximum Gasteiger partial charge on any atom is 0.123 e. The summed E-state index contributed by atoms with van der Waals surface area (Å²) in [4.78, 5) is 0. The molecule has 2 aromatic carbocycles. The summed E-state index contributed by atoms with van der Waals surface area (Å²) in [6.07, 6.45) is 0. The SMILES string of the molecule is CC(C)(CN)c1cccc2cccc(O)c12. The largest absolute Gasteiger partial charge is 0.507 e. The van der Waals surface area contributed by atoms with Crippen LogP contribution in [0, 0.1) is 0 Å². The van der Waals surface area contributed by atoms with Crippen LogP contribution in [0.2, 0.25) is 0 Å². The summed E-state index contributed by atoms with van der Waals surface area (Å²) in [6.45, 7) is 4.74. The second-order valence-corrected chi connectivity index (χ2v) is 4.77. The summed E-state index contributed by atoms with van der Waals surface area (Å²) in [5.41, 5.74) is 6.77. The normalized spacial score (nSPS) is 11.9. The molecule has 0 amide bonds. The fraction of sp³-hybridized carbons (Fsp3) is 0.286. The Morgan fingerprint density at radius 1 is 1.12 bits per heavy atom. The van der Waals surface area contributed by atoms with Gasteiger partial charge in [-0.3, -0.25) is 0 Å². The van der Waals surface area contributed by atoms with Crippen LogP contribution >= 0.6 is 0 Å². The molecule has 0 atom stereocenters. The van der Waals surface area contributed by atoms with Gasteiger partial charge in [0.05, 0.1) is 0 Å². The van der Waals surface area contributed by atoms with Gasteiger partial charge in [-0.15, -0.1) is 0 Å². The number of phenols is 1. The number of hydrogen-bond donors (Lipinski definition) is 2. The van der Waals surface area contributed by atoms with Gasteiger partial charge in [0.25, 0.3) is 0 Å². The zero-order valence-electron chi connectivity index (χ0n) is 9.70. The van der Waals surface area contributed by atoms with Gasteiger partial charge in [-0.1, -0.05) is 44.2 Å². The lowest BCUT2D eigenvalue weighted by Gasteiger charge is -2.25. The van der Waals surface area contributed by atoms with Gasteiger partial charge in [-0.25, -0.2) is 0 Å². The first-order chi connectivity index (χ1) is 7.56.